The molecule has 4 atom stereocenters. The lowest BCUT2D eigenvalue weighted by atomic mass is 9.97. The summed E-state index contributed by atoms with van der Waals surface area (Å²) in [4.78, 5) is 128. The van der Waals surface area contributed by atoms with E-state index in [9.17, 15) is 68.1 Å². The van der Waals surface area contributed by atoms with E-state index in [1.807, 2.05) is 0 Å². The standard InChI is InChI=1S/C29H53NO8.C28H47N3O12/c1-37-23-24-38-22-16-17-25(31)20-21-26(29(35)36)30-27(32)18-14-12-10-8-6-4-2-3-5-7-9-11-13-15-19-28(33)34;1-3-19(26(36)37)7-5-6-12-29-24(34)11-9-22(28(40)41)31-25(35)10-8-20(27(38)39)17-21(32)18-43-16-15-42-14-13-30-23(33)4-2/h26H,2-24H2,1H3,(H,30,32)(H,33,34)(H,35,36);19-20,22H,3-18H2,1-2H3,(H,29,34)(H,30,33)(H,31,35)(H,36,37)(H,38,39)(H,40,41)/t26-;19-,20+,22-/m00/s1. The van der Waals surface area contributed by atoms with E-state index in [0.29, 0.717) is 84.3 Å². The Balaban J connectivity index is 0. The van der Waals surface area contributed by atoms with Crippen LogP contribution in [0.15, 0.2) is 0 Å². The van der Waals surface area contributed by atoms with Crippen LogP contribution in [0.5, 0.6) is 0 Å². The van der Waals surface area contributed by atoms with Gasteiger partial charge in [0.15, 0.2) is 5.78 Å². The maximum atomic E-state index is 12.3. The summed E-state index contributed by atoms with van der Waals surface area (Å²) in [5, 5.41) is 56.0. The van der Waals surface area contributed by atoms with Gasteiger partial charge in [0.1, 0.15) is 24.5 Å². The summed E-state index contributed by atoms with van der Waals surface area (Å²) in [5.41, 5.74) is 0. The van der Waals surface area contributed by atoms with Crippen molar-refractivity contribution in [2.75, 3.05) is 66.4 Å². The predicted molar refractivity (Wildman–Crippen MR) is 299 cm³/mol. The zero-order valence-electron chi connectivity index (χ0n) is 48.7. The Hall–Kier alpha value is -5.59. The molecule has 0 aromatic rings. The Morgan fingerprint density at radius 1 is 0.383 bits per heavy atom. The second-order valence-electron chi connectivity index (χ2n) is 20.1. The Bertz CT molecular complexity index is 1780. The van der Waals surface area contributed by atoms with Crippen molar-refractivity contribution in [2.24, 2.45) is 11.8 Å². The van der Waals surface area contributed by atoms with Gasteiger partial charge in [-0.25, -0.2) is 9.59 Å². The first kappa shape index (κ1) is 77.5. The van der Waals surface area contributed by atoms with E-state index in [-0.39, 0.29) is 95.4 Å². The molecular formula is C57H100N4O20. The maximum Gasteiger partial charge on any atom is 0.326 e. The topological polar surface area (TPSA) is 374 Å². The molecule has 0 radical (unpaired) electrons. The van der Waals surface area contributed by atoms with Gasteiger partial charge in [0.05, 0.1) is 44.9 Å². The van der Waals surface area contributed by atoms with Gasteiger partial charge in [0.25, 0.3) is 0 Å². The molecule has 24 heteroatoms. The number of carbonyl (C=O) groups is 11. The quantitative estimate of drug-likeness (QED) is 0.0297. The number of ether oxygens (including phenoxy) is 4. The van der Waals surface area contributed by atoms with Crippen molar-refractivity contribution in [1.29, 1.82) is 0 Å². The van der Waals surface area contributed by atoms with Gasteiger partial charge in [-0.15, -0.1) is 0 Å². The zero-order valence-corrected chi connectivity index (χ0v) is 48.7. The fourth-order valence-electron chi connectivity index (χ4n) is 8.13. The third kappa shape index (κ3) is 51.1. The molecular weight excluding hydrogens is 1060 g/mol. The number of unbranched alkanes of at least 4 members (excludes halogenated alkanes) is 14. The first-order valence-electron chi connectivity index (χ1n) is 29.3. The van der Waals surface area contributed by atoms with Crippen LogP contribution in [0.1, 0.15) is 206 Å². The molecule has 0 rings (SSSR count). The summed E-state index contributed by atoms with van der Waals surface area (Å²) < 4.78 is 20.6. The van der Waals surface area contributed by atoms with Crippen molar-refractivity contribution >= 4 is 65.0 Å². The van der Waals surface area contributed by atoms with Crippen molar-refractivity contribution in [2.45, 2.75) is 219 Å². The van der Waals surface area contributed by atoms with Crippen LogP contribution in [-0.4, -0.2) is 169 Å². The van der Waals surface area contributed by atoms with Gasteiger partial charge in [-0.1, -0.05) is 97.3 Å². The van der Waals surface area contributed by atoms with Crippen LogP contribution in [0.4, 0.5) is 0 Å². The van der Waals surface area contributed by atoms with E-state index < -0.39 is 71.4 Å². The molecule has 0 aliphatic rings. The molecule has 0 bridgehead atoms. The van der Waals surface area contributed by atoms with Crippen LogP contribution in [0, 0.1) is 11.8 Å². The summed E-state index contributed by atoms with van der Waals surface area (Å²) in [7, 11) is 1.59. The van der Waals surface area contributed by atoms with Crippen LogP contribution < -0.4 is 21.3 Å². The van der Waals surface area contributed by atoms with E-state index in [1.165, 1.54) is 44.9 Å². The fourth-order valence-corrected chi connectivity index (χ4v) is 8.13. The highest BCUT2D eigenvalue weighted by Gasteiger charge is 2.26. The zero-order chi connectivity index (χ0) is 60.9. The normalized spacial score (nSPS) is 12.4. The van der Waals surface area contributed by atoms with Crippen molar-refractivity contribution in [1.82, 2.24) is 21.3 Å². The van der Waals surface area contributed by atoms with Gasteiger partial charge in [0, 0.05) is 78.2 Å². The van der Waals surface area contributed by atoms with Gasteiger partial charge in [-0.3, -0.25) is 43.2 Å². The Morgan fingerprint density at radius 2 is 0.864 bits per heavy atom. The molecule has 0 heterocycles. The number of aliphatic carboxylic acids is 5. The van der Waals surface area contributed by atoms with Crippen LogP contribution in [-0.2, 0) is 71.7 Å². The molecule has 0 aliphatic heterocycles. The minimum atomic E-state index is -1.36. The highest BCUT2D eigenvalue weighted by atomic mass is 16.5. The first-order valence-corrected chi connectivity index (χ1v) is 29.3. The van der Waals surface area contributed by atoms with Gasteiger partial charge in [0.2, 0.25) is 23.6 Å². The van der Waals surface area contributed by atoms with Crippen molar-refractivity contribution in [3.8, 4) is 0 Å². The summed E-state index contributed by atoms with van der Waals surface area (Å²) >= 11 is 0. The molecule has 0 aliphatic carbocycles. The van der Waals surface area contributed by atoms with Crippen molar-refractivity contribution in [3.63, 3.8) is 0 Å². The maximum absolute atomic E-state index is 12.3. The van der Waals surface area contributed by atoms with Crippen LogP contribution in [0.3, 0.4) is 0 Å². The minimum Gasteiger partial charge on any atom is -0.481 e. The molecule has 0 saturated heterocycles. The minimum absolute atomic E-state index is 0.0224. The summed E-state index contributed by atoms with van der Waals surface area (Å²) in [6.45, 7) is 5.86. The molecule has 0 saturated carbocycles. The predicted octanol–water partition coefficient (Wildman–Crippen LogP) is 6.41. The van der Waals surface area contributed by atoms with E-state index in [2.05, 4.69) is 21.3 Å². The van der Waals surface area contributed by atoms with E-state index in [4.69, 9.17) is 29.2 Å². The average molecular weight is 1160 g/mol. The van der Waals surface area contributed by atoms with Gasteiger partial charge in [-0.05, 0) is 57.8 Å². The molecule has 0 aromatic heterocycles. The Morgan fingerprint density at radius 3 is 1.38 bits per heavy atom. The van der Waals surface area contributed by atoms with Crippen LogP contribution in [0.25, 0.3) is 0 Å². The Labute approximate surface area is 479 Å². The largest absolute Gasteiger partial charge is 0.481 e. The first-order chi connectivity index (χ1) is 38.8. The van der Waals surface area contributed by atoms with Crippen molar-refractivity contribution < 1.29 is 97.2 Å². The van der Waals surface area contributed by atoms with Crippen molar-refractivity contribution in [3.05, 3.63) is 0 Å². The fraction of sp³-hybridized carbons (Fsp3) is 0.807. The second kappa shape index (κ2) is 53.7. The number of ketones is 2. The number of Topliss-reactive ketones (excluding diaryl/α,β-unsaturated/α-hetero) is 2. The van der Waals surface area contributed by atoms with Crippen LogP contribution in [0.2, 0.25) is 0 Å². The molecule has 81 heavy (non-hydrogen) atoms. The highest BCUT2D eigenvalue weighted by molar-refractivity contribution is 5.87. The number of methoxy groups -OCH3 is 1. The SMILES string of the molecule is CCC(=O)NCCOCCOCC(=O)C[C@@H](CCC(=O)N[C@@H](CCC(=O)NCCCC[C@H](CC)C(=O)O)C(=O)O)C(=O)O.COCCOCCCC(=O)CC[C@H](NC(=O)CCCCCCCCCCCCCCCCC(=O)O)C(=O)O. The lowest BCUT2D eigenvalue weighted by molar-refractivity contribution is -0.145. The monoisotopic (exact) mass is 1160 g/mol. The molecule has 24 nitrogen and oxygen atoms in total. The van der Waals surface area contributed by atoms with Gasteiger partial charge in [-0.2, -0.15) is 0 Å². The number of carbonyl (C=O) groups excluding carboxylic acids is 6. The highest BCUT2D eigenvalue weighted by Crippen LogP contribution is 2.16. The van der Waals surface area contributed by atoms with E-state index in [0.717, 1.165) is 44.9 Å². The number of amides is 4. The lowest BCUT2D eigenvalue weighted by Crippen LogP contribution is -2.42. The molecule has 0 spiro atoms. The summed E-state index contributed by atoms with van der Waals surface area (Å²) in [6.07, 6.45) is 18.6. The summed E-state index contributed by atoms with van der Waals surface area (Å²) in [5.74, 6) is -8.88. The number of carboxylic acids is 5. The number of hydrogen-bond acceptors (Lipinski definition) is 15. The van der Waals surface area contributed by atoms with E-state index in [1.54, 1.807) is 21.0 Å². The summed E-state index contributed by atoms with van der Waals surface area (Å²) in [6, 6.07) is -2.39. The molecule has 0 fully saturated rings. The molecule has 0 unspecified atom stereocenters. The third-order valence-electron chi connectivity index (χ3n) is 13.1. The van der Waals surface area contributed by atoms with Gasteiger partial charge >= 0.3 is 29.8 Å². The second-order valence-corrected chi connectivity index (χ2v) is 20.1. The molecule has 468 valence electrons. The number of nitrogens with one attached hydrogen (secondary N) is 4. The number of rotatable bonds is 56. The lowest BCUT2D eigenvalue weighted by Gasteiger charge is -2.16. The van der Waals surface area contributed by atoms with Gasteiger partial charge < -0.3 is 65.7 Å². The molecule has 0 aromatic carbocycles. The number of hydrogen-bond donors (Lipinski definition) is 9. The third-order valence-corrected chi connectivity index (χ3v) is 13.1. The average Bonchev–Trinajstić information content (AvgIpc) is 3.41. The van der Waals surface area contributed by atoms with Crippen LogP contribution >= 0.6 is 0 Å². The van der Waals surface area contributed by atoms with E-state index >= 15 is 0 Å². The Kier molecular flexibility index (Phi) is 51.4. The smallest absolute Gasteiger partial charge is 0.326 e. The molecule has 4 amide bonds. The number of carboxylic acid groups (broad SMARTS) is 5. The molecule has 9 N–H and O–H groups in total.